The summed E-state index contributed by atoms with van der Waals surface area (Å²) in [5.74, 6) is 3.03. The largest absolute Gasteiger partial charge is 0.490 e. The molecule has 194 valence electrons. The second-order valence-corrected chi connectivity index (χ2v) is 9.09. The second-order valence-electron chi connectivity index (χ2n) is 8.30. The molecule has 0 saturated carbocycles. The maximum absolute atomic E-state index is 13.0. The number of hydrogen-bond donors (Lipinski definition) is 1. The number of benzene rings is 2. The van der Waals surface area contributed by atoms with Crippen molar-refractivity contribution < 1.29 is 23.4 Å². The van der Waals surface area contributed by atoms with E-state index in [4.69, 9.17) is 42.4 Å². The van der Waals surface area contributed by atoms with Gasteiger partial charge in [0.1, 0.15) is 29.6 Å². The third-order valence-corrected chi connectivity index (χ3v) is 6.48. The standard InChI is InChI=1S/C28H29ClN2O5S/c1-4-33-25-12-9-19(15-26(25)34-5-2)13-14-31-27(32)23(30-28(31)37)16-20-10-11-21(36-20)17-35-24-8-6-7-22(29)18(24)3/h6-12,15-16H,4-5,13-14,17H2,1-3H3,(H,30,37)/b23-16+. The van der Waals surface area contributed by atoms with Crippen LogP contribution in [0.2, 0.25) is 5.02 Å². The van der Waals surface area contributed by atoms with Gasteiger partial charge in [-0.1, -0.05) is 23.7 Å². The second kappa shape index (κ2) is 12.2. The molecule has 7 nitrogen and oxygen atoms in total. The monoisotopic (exact) mass is 540 g/mol. The first-order valence-electron chi connectivity index (χ1n) is 12.1. The fourth-order valence-electron chi connectivity index (χ4n) is 3.85. The van der Waals surface area contributed by atoms with Crippen LogP contribution in [0.15, 0.2) is 58.6 Å². The average molecular weight is 541 g/mol. The Morgan fingerprint density at radius 1 is 1.03 bits per heavy atom. The van der Waals surface area contributed by atoms with E-state index in [0.29, 0.717) is 70.8 Å². The SMILES string of the molecule is CCOc1ccc(CCN2C(=O)/C(=C\c3ccc(COc4cccc(Cl)c4C)o3)NC2=S)cc1OCC. The summed E-state index contributed by atoms with van der Waals surface area (Å²) in [6, 6.07) is 14.9. The van der Waals surface area contributed by atoms with Gasteiger partial charge in [0.25, 0.3) is 5.91 Å². The smallest absolute Gasteiger partial charge is 0.276 e. The lowest BCUT2D eigenvalue weighted by Gasteiger charge is -2.15. The van der Waals surface area contributed by atoms with E-state index in [0.717, 1.165) is 11.1 Å². The van der Waals surface area contributed by atoms with Gasteiger partial charge in [0, 0.05) is 23.2 Å². The molecule has 9 heteroatoms. The van der Waals surface area contributed by atoms with Gasteiger partial charge in [0.15, 0.2) is 16.6 Å². The summed E-state index contributed by atoms with van der Waals surface area (Å²) >= 11 is 11.6. The zero-order chi connectivity index (χ0) is 26.4. The van der Waals surface area contributed by atoms with Crippen LogP contribution < -0.4 is 19.5 Å². The molecule has 2 aromatic carbocycles. The molecule has 0 unspecified atom stereocenters. The van der Waals surface area contributed by atoms with E-state index in [1.165, 1.54) is 0 Å². The summed E-state index contributed by atoms with van der Waals surface area (Å²) in [6.45, 7) is 7.52. The summed E-state index contributed by atoms with van der Waals surface area (Å²) < 4.78 is 23.0. The Morgan fingerprint density at radius 2 is 1.81 bits per heavy atom. The zero-order valence-electron chi connectivity index (χ0n) is 21.0. The quantitative estimate of drug-likeness (QED) is 0.239. The minimum Gasteiger partial charge on any atom is -0.490 e. The number of amides is 1. The lowest BCUT2D eigenvalue weighted by molar-refractivity contribution is -0.122. The van der Waals surface area contributed by atoms with Crippen molar-refractivity contribution in [2.75, 3.05) is 19.8 Å². The van der Waals surface area contributed by atoms with Crippen LogP contribution in [0, 0.1) is 6.92 Å². The van der Waals surface area contributed by atoms with Gasteiger partial charge in [-0.15, -0.1) is 0 Å². The lowest BCUT2D eigenvalue weighted by atomic mass is 10.1. The summed E-state index contributed by atoms with van der Waals surface area (Å²) in [5, 5.41) is 4.00. The lowest BCUT2D eigenvalue weighted by Crippen LogP contribution is -2.32. The van der Waals surface area contributed by atoms with Gasteiger partial charge in [-0.25, -0.2) is 0 Å². The predicted molar refractivity (Wildman–Crippen MR) is 147 cm³/mol. The summed E-state index contributed by atoms with van der Waals surface area (Å²) in [4.78, 5) is 14.6. The maximum atomic E-state index is 13.0. The van der Waals surface area contributed by atoms with Crippen LogP contribution >= 0.6 is 23.8 Å². The number of nitrogens with one attached hydrogen (secondary N) is 1. The number of carbonyl (C=O) groups is 1. The Balaban J connectivity index is 1.37. The minimum absolute atomic E-state index is 0.204. The van der Waals surface area contributed by atoms with Crippen LogP contribution in [0.1, 0.15) is 36.5 Å². The molecule has 1 amide bonds. The van der Waals surface area contributed by atoms with E-state index >= 15 is 0 Å². The van der Waals surface area contributed by atoms with Crippen molar-refractivity contribution in [1.82, 2.24) is 10.2 Å². The van der Waals surface area contributed by atoms with Crippen molar-refractivity contribution in [1.29, 1.82) is 0 Å². The van der Waals surface area contributed by atoms with Gasteiger partial charge in [0.2, 0.25) is 0 Å². The van der Waals surface area contributed by atoms with Gasteiger partial charge < -0.3 is 23.9 Å². The maximum Gasteiger partial charge on any atom is 0.276 e. The Kier molecular flexibility index (Phi) is 8.74. The van der Waals surface area contributed by atoms with Crippen LogP contribution in [0.25, 0.3) is 6.08 Å². The van der Waals surface area contributed by atoms with E-state index in [1.807, 2.05) is 63.2 Å². The summed E-state index contributed by atoms with van der Waals surface area (Å²) in [5.41, 5.74) is 2.25. The number of nitrogens with zero attached hydrogens (tertiary/aromatic N) is 1. The van der Waals surface area contributed by atoms with Crippen molar-refractivity contribution in [3.63, 3.8) is 0 Å². The Morgan fingerprint density at radius 3 is 2.59 bits per heavy atom. The van der Waals surface area contributed by atoms with Crippen LogP contribution in [0.5, 0.6) is 17.2 Å². The Hall–Kier alpha value is -3.49. The molecular formula is C28H29ClN2O5S. The van der Waals surface area contributed by atoms with Crippen LogP contribution in [0.4, 0.5) is 0 Å². The molecule has 1 N–H and O–H groups in total. The van der Waals surface area contributed by atoms with Crippen LogP contribution in [-0.4, -0.2) is 35.7 Å². The number of halogens is 1. The van der Waals surface area contributed by atoms with E-state index in [2.05, 4.69) is 5.32 Å². The molecule has 0 bridgehead atoms. The van der Waals surface area contributed by atoms with E-state index in [1.54, 1.807) is 17.0 Å². The highest BCUT2D eigenvalue weighted by Crippen LogP contribution is 2.29. The molecule has 4 rings (SSSR count). The van der Waals surface area contributed by atoms with Gasteiger partial charge in [0.05, 0.1) is 13.2 Å². The molecule has 3 aromatic rings. The molecule has 0 aliphatic carbocycles. The zero-order valence-corrected chi connectivity index (χ0v) is 22.6. The number of ether oxygens (including phenoxy) is 3. The fourth-order valence-corrected chi connectivity index (χ4v) is 4.30. The number of furan rings is 1. The van der Waals surface area contributed by atoms with Crippen molar-refractivity contribution in [2.45, 2.75) is 33.8 Å². The molecule has 1 aliphatic rings. The molecule has 1 aromatic heterocycles. The normalized spacial score (nSPS) is 14.3. The first-order chi connectivity index (χ1) is 17.9. The van der Waals surface area contributed by atoms with Gasteiger partial charge in [-0.3, -0.25) is 9.69 Å². The molecule has 1 saturated heterocycles. The number of carbonyl (C=O) groups excluding carboxylic acids is 1. The van der Waals surface area contributed by atoms with Crippen molar-refractivity contribution in [2.24, 2.45) is 0 Å². The average Bonchev–Trinajstić information content (AvgIpc) is 3.44. The molecule has 0 atom stereocenters. The highest BCUT2D eigenvalue weighted by Gasteiger charge is 2.30. The highest BCUT2D eigenvalue weighted by molar-refractivity contribution is 7.80. The van der Waals surface area contributed by atoms with Crippen molar-refractivity contribution in [3.05, 3.63) is 81.9 Å². The Labute approximate surface area is 226 Å². The molecule has 0 spiro atoms. The third-order valence-electron chi connectivity index (χ3n) is 5.75. The summed E-state index contributed by atoms with van der Waals surface area (Å²) in [6.07, 6.45) is 2.26. The minimum atomic E-state index is -0.204. The van der Waals surface area contributed by atoms with Gasteiger partial charge in [-0.2, -0.15) is 0 Å². The predicted octanol–water partition coefficient (Wildman–Crippen LogP) is 5.92. The highest BCUT2D eigenvalue weighted by atomic mass is 35.5. The Bertz CT molecular complexity index is 1320. The summed E-state index contributed by atoms with van der Waals surface area (Å²) in [7, 11) is 0. The molecule has 2 heterocycles. The number of thiocarbonyl (C=S) groups is 1. The van der Waals surface area contributed by atoms with E-state index in [-0.39, 0.29) is 12.5 Å². The van der Waals surface area contributed by atoms with Crippen molar-refractivity contribution >= 4 is 40.9 Å². The van der Waals surface area contributed by atoms with Crippen LogP contribution in [-0.2, 0) is 17.8 Å². The van der Waals surface area contributed by atoms with Gasteiger partial charge in [-0.05, 0) is 81.4 Å². The number of hydrogen-bond acceptors (Lipinski definition) is 6. The third kappa shape index (κ3) is 6.45. The van der Waals surface area contributed by atoms with E-state index in [9.17, 15) is 4.79 Å². The first-order valence-corrected chi connectivity index (χ1v) is 12.9. The van der Waals surface area contributed by atoms with Crippen molar-refractivity contribution in [3.8, 4) is 17.2 Å². The fraction of sp³-hybridized carbons (Fsp3) is 0.286. The number of rotatable bonds is 11. The molecule has 0 radical (unpaired) electrons. The first kappa shape index (κ1) is 26.6. The molecular weight excluding hydrogens is 512 g/mol. The molecule has 37 heavy (non-hydrogen) atoms. The topological polar surface area (TPSA) is 73.2 Å². The molecule has 1 aliphatic heterocycles. The van der Waals surface area contributed by atoms with Crippen LogP contribution in [0.3, 0.4) is 0 Å². The van der Waals surface area contributed by atoms with Gasteiger partial charge >= 0.3 is 0 Å². The molecule has 1 fully saturated rings. The van der Waals surface area contributed by atoms with E-state index < -0.39 is 0 Å².